The van der Waals surface area contributed by atoms with E-state index in [1.807, 2.05) is 12.1 Å². The molecule has 0 radical (unpaired) electrons. The van der Waals surface area contributed by atoms with Crippen molar-refractivity contribution in [2.24, 2.45) is 0 Å². The van der Waals surface area contributed by atoms with Crippen LogP contribution >= 0.6 is 27.5 Å². The highest BCUT2D eigenvalue weighted by atomic mass is 79.9. The van der Waals surface area contributed by atoms with Gasteiger partial charge in [-0.3, -0.25) is 0 Å². The highest BCUT2D eigenvalue weighted by molar-refractivity contribution is 9.09. The van der Waals surface area contributed by atoms with E-state index in [0.29, 0.717) is 0 Å². The third-order valence-electron chi connectivity index (χ3n) is 2.33. The number of alkyl halides is 1. The van der Waals surface area contributed by atoms with Crippen molar-refractivity contribution in [3.63, 3.8) is 0 Å². The molecule has 0 atom stereocenters. The number of halogens is 2. The lowest BCUT2D eigenvalue weighted by Crippen LogP contribution is -1.89. The second-order valence-electron chi connectivity index (χ2n) is 3.19. The minimum absolute atomic E-state index is 0.864. The summed E-state index contributed by atoms with van der Waals surface area (Å²) in [5, 5.41) is 4.33. The van der Waals surface area contributed by atoms with Gasteiger partial charge in [0.05, 0.1) is 0 Å². The minimum atomic E-state index is 0.864. The van der Waals surface area contributed by atoms with E-state index in [9.17, 15) is 0 Å². The van der Waals surface area contributed by atoms with Crippen LogP contribution in [0.25, 0.3) is 10.8 Å². The van der Waals surface area contributed by atoms with Crippen LogP contribution in [0.4, 0.5) is 0 Å². The number of aryl methyl sites for hydroxylation is 1. The van der Waals surface area contributed by atoms with Gasteiger partial charge in [0.15, 0.2) is 0 Å². The largest absolute Gasteiger partial charge is 0.0924 e. The predicted molar refractivity (Wildman–Crippen MR) is 66.5 cm³/mol. The van der Waals surface area contributed by atoms with Crippen molar-refractivity contribution in [2.75, 3.05) is 5.33 Å². The van der Waals surface area contributed by atoms with Gasteiger partial charge in [-0.1, -0.05) is 57.9 Å². The first kappa shape index (κ1) is 10.0. The van der Waals surface area contributed by atoms with Crippen LogP contribution in [-0.2, 0) is 6.42 Å². The molecular weight excluding hydrogens is 259 g/mol. The molecule has 0 aromatic heterocycles. The molecule has 0 bridgehead atoms. The third kappa shape index (κ3) is 1.79. The Labute approximate surface area is 97.0 Å². The molecule has 0 nitrogen and oxygen atoms in total. The molecule has 0 amide bonds. The van der Waals surface area contributed by atoms with Gasteiger partial charge in [0.1, 0.15) is 0 Å². The van der Waals surface area contributed by atoms with E-state index < -0.39 is 0 Å². The average molecular weight is 270 g/mol. The maximum absolute atomic E-state index is 6.16. The molecule has 0 saturated heterocycles. The standard InChI is InChI=1S/C12H10BrCl/c13-8-7-11-10-4-2-1-3-9(10)5-6-12(11)14/h1-6H,7-8H2. The molecule has 0 saturated carbocycles. The fourth-order valence-electron chi connectivity index (χ4n) is 1.66. The molecule has 0 heterocycles. The van der Waals surface area contributed by atoms with Crippen LogP contribution in [0.3, 0.4) is 0 Å². The molecule has 0 aliphatic rings. The summed E-state index contributed by atoms with van der Waals surface area (Å²) < 4.78 is 0. The summed E-state index contributed by atoms with van der Waals surface area (Å²) in [5.41, 5.74) is 1.24. The molecule has 14 heavy (non-hydrogen) atoms. The van der Waals surface area contributed by atoms with Gasteiger partial charge in [-0.2, -0.15) is 0 Å². The second kappa shape index (κ2) is 4.33. The molecule has 0 unspecified atom stereocenters. The van der Waals surface area contributed by atoms with Crippen molar-refractivity contribution in [2.45, 2.75) is 6.42 Å². The van der Waals surface area contributed by atoms with Crippen molar-refractivity contribution in [1.29, 1.82) is 0 Å². The van der Waals surface area contributed by atoms with Gasteiger partial charge in [0.2, 0.25) is 0 Å². The normalized spacial score (nSPS) is 10.7. The van der Waals surface area contributed by atoms with E-state index in [-0.39, 0.29) is 0 Å². The van der Waals surface area contributed by atoms with E-state index in [1.54, 1.807) is 0 Å². The first-order chi connectivity index (χ1) is 6.83. The van der Waals surface area contributed by atoms with E-state index in [4.69, 9.17) is 11.6 Å². The van der Waals surface area contributed by atoms with Gasteiger partial charge < -0.3 is 0 Å². The van der Waals surface area contributed by atoms with Gasteiger partial charge in [-0.25, -0.2) is 0 Å². The molecule has 0 spiro atoms. The smallest absolute Gasteiger partial charge is 0.0444 e. The lowest BCUT2D eigenvalue weighted by atomic mass is 10.0. The van der Waals surface area contributed by atoms with Crippen molar-refractivity contribution in [1.82, 2.24) is 0 Å². The third-order valence-corrected chi connectivity index (χ3v) is 3.08. The summed E-state index contributed by atoms with van der Waals surface area (Å²) in [7, 11) is 0. The van der Waals surface area contributed by atoms with Crippen LogP contribution < -0.4 is 0 Å². The molecule has 2 aromatic rings. The van der Waals surface area contributed by atoms with Crippen molar-refractivity contribution < 1.29 is 0 Å². The summed E-state index contributed by atoms with van der Waals surface area (Å²) in [6.45, 7) is 0. The van der Waals surface area contributed by atoms with Crippen molar-refractivity contribution in [3.8, 4) is 0 Å². The molecular formula is C12H10BrCl. The lowest BCUT2D eigenvalue weighted by molar-refractivity contribution is 1.19. The first-order valence-corrected chi connectivity index (χ1v) is 6.05. The van der Waals surface area contributed by atoms with E-state index >= 15 is 0 Å². The highest BCUT2D eigenvalue weighted by Gasteiger charge is 2.04. The number of fused-ring (bicyclic) bond motifs is 1. The molecule has 0 fully saturated rings. The molecule has 2 heteroatoms. The van der Waals surface area contributed by atoms with Crippen LogP contribution in [0.2, 0.25) is 5.02 Å². The quantitative estimate of drug-likeness (QED) is 0.708. The van der Waals surface area contributed by atoms with Crippen molar-refractivity contribution in [3.05, 3.63) is 47.0 Å². The summed E-state index contributed by atoms with van der Waals surface area (Å²) >= 11 is 9.61. The topological polar surface area (TPSA) is 0 Å². The van der Waals surface area contributed by atoms with Crippen LogP contribution in [-0.4, -0.2) is 5.33 Å². The minimum Gasteiger partial charge on any atom is -0.0924 e. The number of benzene rings is 2. The second-order valence-corrected chi connectivity index (χ2v) is 4.39. The Morgan fingerprint density at radius 2 is 1.86 bits per heavy atom. The number of hydrogen-bond donors (Lipinski definition) is 0. The molecule has 0 aliphatic carbocycles. The molecule has 72 valence electrons. The fraction of sp³-hybridized carbons (Fsp3) is 0.167. The molecule has 2 aromatic carbocycles. The zero-order valence-corrected chi connectivity index (χ0v) is 9.98. The Kier molecular flexibility index (Phi) is 3.09. The van der Waals surface area contributed by atoms with Crippen LogP contribution in [0.1, 0.15) is 5.56 Å². The molecule has 0 aliphatic heterocycles. The Hall–Kier alpha value is -0.530. The van der Waals surface area contributed by atoms with Gasteiger partial charge in [-0.05, 0) is 28.8 Å². The lowest BCUT2D eigenvalue weighted by Gasteiger charge is -2.06. The Morgan fingerprint density at radius 1 is 1.07 bits per heavy atom. The van der Waals surface area contributed by atoms with Crippen LogP contribution in [0, 0.1) is 0 Å². The Morgan fingerprint density at radius 3 is 2.64 bits per heavy atom. The number of hydrogen-bond acceptors (Lipinski definition) is 0. The predicted octanol–water partition coefficient (Wildman–Crippen LogP) is 4.43. The average Bonchev–Trinajstić information content (AvgIpc) is 2.23. The highest BCUT2D eigenvalue weighted by Crippen LogP contribution is 2.26. The summed E-state index contributed by atoms with van der Waals surface area (Å²) in [6, 6.07) is 12.4. The van der Waals surface area contributed by atoms with Gasteiger partial charge >= 0.3 is 0 Å². The zero-order valence-electron chi connectivity index (χ0n) is 7.63. The fourth-order valence-corrected chi connectivity index (χ4v) is 2.31. The summed E-state index contributed by atoms with van der Waals surface area (Å²) in [4.78, 5) is 0. The number of rotatable bonds is 2. The van der Waals surface area contributed by atoms with E-state index in [1.165, 1.54) is 16.3 Å². The van der Waals surface area contributed by atoms with Gasteiger partial charge in [0.25, 0.3) is 0 Å². The Bertz CT molecular complexity index is 451. The van der Waals surface area contributed by atoms with E-state index in [2.05, 4.69) is 40.2 Å². The monoisotopic (exact) mass is 268 g/mol. The maximum atomic E-state index is 6.16. The van der Waals surface area contributed by atoms with Gasteiger partial charge in [0, 0.05) is 10.4 Å². The summed E-state index contributed by atoms with van der Waals surface area (Å²) in [6.07, 6.45) is 0.972. The zero-order chi connectivity index (χ0) is 9.97. The molecule has 0 N–H and O–H groups in total. The van der Waals surface area contributed by atoms with Crippen LogP contribution in [0.15, 0.2) is 36.4 Å². The van der Waals surface area contributed by atoms with E-state index in [0.717, 1.165) is 16.8 Å². The van der Waals surface area contributed by atoms with Crippen LogP contribution in [0.5, 0.6) is 0 Å². The Balaban J connectivity index is 2.69. The molecule has 2 rings (SSSR count). The summed E-state index contributed by atoms with van der Waals surface area (Å²) in [5.74, 6) is 0. The SMILES string of the molecule is Clc1ccc2ccccc2c1CCBr. The maximum Gasteiger partial charge on any atom is 0.0444 e. The van der Waals surface area contributed by atoms with Gasteiger partial charge in [-0.15, -0.1) is 0 Å². The van der Waals surface area contributed by atoms with Crippen molar-refractivity contribution >= 4 is 38.3 Å². The first-order valence-electron chi connectivity index (χ1n) is 4.55.